The lowest BCUT2D eigenvalue weighted by molar-refractivity contribution is 0.669. The molecule has 19 aromatic rings. The molecule has 89 heavy (non-hydrogen) atoms. The Hall–Kier alpha value is -12.1. The van der Waals surface area contributed by atoms with Crippen molar-refractivity contribution in [2.24, 2.45) is 0 Å². The minimum Gasteiger partial charge on any atom is -0.456 e. The molecule has 0 amide bonds. The Kier molecular flexibility index (Phi) is 10.6. The SMILES string of the molecule is c1ccc(-n2c3ccccc3c3cc(-c4ccc5c(c4)c4ccccc4n5-c4nc(-c5ccc(-n6c7ccccc7c7ccc(-c8ccc9c(c8)c8ccccc8n9-c8ccccc8)cc76)cc5)cc(-c5ccc6c(c5)oc5ccccc56)n4)ccc32)cc1. The minimum atomic E-state index is 0.582. The van der Waals surface area contributed by atoms with Crippen molar-refractivity contribution < 1.29 is 4.42 Å². The molecule has 0 fully saturated rings. The van der Waals surface area contributed by atoms with E-state index in [1.807, 2.05) is 12.1 Å². The van der Waals surface area contributed by atoms with Crippen LogP contribution in [-0.2, 0) is 0 Å². The Morgan fingerprint density at radius 3 is 1.10 bits per heavy atom. The van der Waals surface area contributed by atoms with Crippen molar-refractivity contribution in [2.45, 2.75) is 0 Å². The number of benzene rings is 13. The van der Waals surface area contributed by atoms with Crippen LogP contribution < -0.4 is 0 Å². The van der Waals surface area contributed by atoms with Gasteiger partial charge in [0.1, 0.15) is 11.2 Å². The van der Waals surface area contributed by atoms with Crippen LogP contribution in [0, 0.1) is 0 Å². The normalized spacial score (nSPS) is 12.0. The van der Waals surface area contributed by atoms with E-state index in [4.69, 9.17) is 14.4 Å². The van der Waals surface area contributed by atoms with Crippen LogP contribution in [0.3, 0.4) is 0 Å². The average Bonchev–Trinajstić information content (AvgIpc) is 1.81. The molecule has 0 saturated carbocycles. The minimum absolute atomic E-state index is 0.582. The molecule has 0 spiro atoms. The van der Waals surface area contributed by atoms with Gasteiger partial charge in [0.2, 0.25) is 5.95 Å². The molecule has 414 valence electrons. The zero-order chi connectivity index (χ0) is 58.3. The summed E-state index contributed by atoms with van der Waals surface area (Å²) in [5.74, 6) is 0.582. The lowest BCUT2D eigenvalue weighted by Gasteiger charge is -2.13. The maximum atomic E-state index is 6.50. The summed E-state index contributed by atoms with van der Waals surface area (Å²) >= 11 is 0. The van der Waals surface area contributed by atoms with Gasteiger partial charge in [-0.3, -0.25) is 4.57 Å². The Morgan fingerprint density at radius 1 is 0.202 bits per heavy atom. The summed E-state index contributed by atoms with van der Waals surface area (Å²) in [6, 6.07) is 109. The highest BCUT2D eigenvalue weighted by atomic mass is 16.3. The Morgan fingerprint density at radius 2 is 0.551 bits per heavy atom. The zero-order valence-electron chi connectivity index (χ0n) is 48.0. The van der Waals surface area contributed by atoms with E-state index in [0.29, 0.717) is 5.95 Å². The summed E-state index contributed by atoms with van der Waals surface area (Å²) in [5.41, 5.74) is 22.2. The quantitative estimate of drug-likeness (QED) is 0.152. The van der Waals surface area contributed by atoms with E-state index < -0.39 is 0 Å². The maximum Gasteiger partial charge on any atom is 0.235 e. The second-order valence-corrected chi connectivity index (χ2v) is 23.3. The Labute approximate surface area is 510 Å². The smallest absolute Gasteiger partial charge is 0.235 e. The van der Waals surface area contributed by atoms with Gasteiger partial charge in [-0.15, -0.1) is 0 Å². The van der Waals surface area contributed by atoms with Crippen LogP contribution in [0.1, 0.15) is 0 Å². The summed E-state index contributed by atoms with van der Waals surface area (Å²) < 4.78 is 15.9. The van der Waals surface area contributed by atoms with Gasteiger partial charge in [0.15, 0.2) is 0 Å². The number of fused-ring (bicyclic) bond motifs is 15. The van der Waals surface area contributed by atoms with E-state index in [9.17, 15) is 0 Å². The molecular weight excluding hydrogens is 1080 g/mol. The number of nitrogens with zero attached hydrogens (tertiary/aromatic N) is 6. The molecule has 0 unspecified atom stereocenters. The van der Waals surface area contributed by atoms with Crippen LogP contribution in [0.25, 0.3) is 177 Å². The maximum absolute atomic E-state index is 6.50. The lowest BCUT2D eigenvalue weighted by atomic mass is 10.0. The Balaban J connectivity index is 0.748. The van der Waals surface area contributed by atoms with Crippen molar-refractivity contribution >= 4 is 109 Å². The number of hydrogen-bond donors (Lipinski definition) is 0. The first kappa shape index (κ1) is 49.2. The van der Waals surface area contributed by atoms with Gasteiger partial charge in [-0.2, -0.15) is 0 Å². The van der Waals surface area contributed by atoms with Gasteiger partial charge in [0, 0.05) is 82.1 Å². The summed E-state index contributed by atoms with van der Waals surface area (Å²) in [5, 5.41) is 11.7. The van der Waals surface area contributed by atoms with Gasteiger partial charge in [-0.1, -0.05) is 176 Å². The first-order chi connectivity index (χ1) is 44.1. The second kappa shape index (κ2) is 19.2. The highest BCUT2D eigenvalue weighted by Gasteiger charge is 2.22. The summed E-state index contributed by atoms with van der Waals surface area (Å²) in [7, 11) is 0. The van der Waals surface area contributed by atoms with E-state index in [1.165, 1.54) is 59.9 Å². The van der Waals surface area contributed by atoms with Crippen LogP contribution in [0.15, 0.2) is 308 Å². The number of aromatic nitrogens is 6. The van der Waals surface area contributed by atoms with Gasteiger partial charge in [-0.25, -0.2) is 9.97 Å². The fourth-order valence-corrected chi connectivity index (χ4v) is 14.3. The molecule has 0 bridgehead atoms. The van der Waals surface area contributed by atoms with Crippen molar-refractivity contribution in [3.05, 3.63) is 303 Å². The van der Waals surface area contributed by atoms with Gasteiger partial charge in [0.05, 0.1) is 55.5 Å². The molecule has 7 heteroatoms. The van der Waals surface area contributed by atoms with Crippen molar-refractivity contribution in [3.63, 3.8) is 0 Å². The first-order valence-electron chi connectivity index (χ1n) is 30.3. The molecule has 6 heterocycles. The topological polar surface area (TPSA) is 58.6 Å². The van der Waals surface area contributed by atoms with Crippen LogP contribution >= 0.6 is 0 Å². The molecule has 19 rings (SSSR count). The second-order valence-electron chi connectivity index (χ2n) is 23.3. The molecule has 0 saturated heterocycles. The third-order valence-corrected chi connectivity index (χ3v) is 18.4. The highest BCUT2D eigenvalue weighted by Crippen LogP contribution is 2.42. The summed E-state index contributed by atoms with van der Waals surface area (Å²) in [6.45, 7) is 0. The summed E-state index contributed by atoms with van der Waals surface area (Å²) in [4.78, 5) is 11.1. The molecule has 7 nitrogen and oxygen atoms in total. The molecule has 0 atom stereocenters. The predicted octanol–water partition coefficient (Wildman–Crippen LogP) is 21.4. The summed E-state index contributed by atoms with van der Waals surface area (Å²) in [6.07, 6.45) is 0. The largest absolute Gasteiger partial charge is 0.456 e. The van der Waals surface area contributed by atoms with Crippen molar-refractivity contribution in [1.82, 2.24) is 28.2 Å². The van der Waals surface area contributed by atoms with Crippen LogP contribution in [0.4, 0.5) is 0 Å². The van der Waals surface area contributed by atoms with Crippen molar-refractivity contribution in [2.75, 3.05) is 0 Å². The van der Waals surface area contributed by atoms with Gasteiger partial charge in [-0.05, 0) is 150 Å². The van der Waals surface area contributed by atoms with Gasteiger partial charge < -0.3 is 18.1 Å². The molecule has 0 aliphatic rings. The highest BCUT2D eigenvalue weighted by molar-refractivity contribution is 6.15. The molecular formula is C82H50N6O. The van der Waals surface area contributed by atoms with Crippen LogP contribution in [0.5, 0.6) is 0 Å². The van der Waals surface area contributed by atoms with Gasteiger partial charge >= 0.3 is 0 Å². The number of hydrogen-bond acceptors (Lipinski definition) is 3. The van der Waals surface area contributed by atoms with Crippen LogP contribution in [0.2, 0.25) is 0 Å². The average molecular weight is 1140 g/mol. The van der Waals surface area contributed by atoms with E-state index in [0.717, 1.165) is 111 Å². The molecule has 0 N–H and O–H groups in total. The molecule has 0 aliphatic heterocycles. The van der Waals surface area contributed by atoms with E-state index in [-0.39, 0.29) is 0 Å². The standard InChI is InChI=1S/C82H50N6O/c1-3-17-57(18-4-1)85-73-27-13-8-22-61(73)67-45-52(35-42-76(67)85)53-37-44-78-69(46-53)63-24-10-15-29-75(63)88(78)82-83-70(50-71(84-82)56-34-41-66-65-25-11-16-30-80(65)89-81(66)49-56)51-31-38-59(39-32-51)87-72-26-12-7-21-60(72)64-40-33-55(48-79(64)87)54-36-43-77-68(47-54)62-23-9-14-28-74(62)86(77)58-19-5-2-6-20-58/h1-50H. The van der Waals surface area contributed by atoms with E-state index >= 15 is 0 Å². The number of furan rings is 1. The third-order valence-electron chi connectivity index (χ3n) is 18.4. The van der Waals surface area contributed by atoms with E-state index in [2.05, 4.69) is 309 Å². The molecule has 0 radical (unpaired) electrons. The molecule has 6 aromatic heterocycles. The Bertz CT molecular complexity index is 6100. The zero-order valence-corrected chi connectivity index (χ0v) is 48.0. The van der Waals surface area contributed by atoms with Crippen molar-refractivity contribution in [1.29, 1.82) is 0 Å². The van der Waals surface area contributed by atoms with Crippen molar-refractivity contribution in [3.8, 4) is 67.8 Å². The lowest BCUT2D eigenvalue weighted by Crippen LogP contribution is -2.04. The monoisotopic (exact) mass is 1130 g/mol. The van der Waals surface area contributed by atoms with Gasteiger partial charge in [0.25, 0.3) is 0 Å². The third kappa shape index (κ3) is 7.59. The first-order valence-corrected chi connectivity index (χ1v) is 30.3. The van der Waals surface area contributed by atoms with E-state index in [1.54, 1.807) is 0 Å². The predicted molar refractivity (Wildman–Crippen MR) is 368 cm³/mol. The van der Waals surface area contributed by atoms with Crippen LogP contribution in [-0.4, -0.2) is 28.2 Å². The fraction of sp³-hybridized carbons (Fsp3) is 0. The molecule has 0 aliphatic carbocycles. The molecule has 13 aromatic carbocycles. The number of para-hydroxylation sites is 7. The number of rotatable bonds is 8. The fourth-order valence-electron chi connectivity index (χ4n) is 14.3.